The summed E-state index contributed by atoms with van der Waals surface area (Å²) in [5.41, 5.74) is 0. The number of nitrogens with one attached hydrogen (secondary N) is 1. The number of urea groups is 1. The molecule has 0 aromatic rings. The van der Waals surface area contributed by atoms with Crippen molar-refractivity contribution in [3.8, 4) is 0 Å². The lowest BCUT2D eigenvalue weighted by Gasteiger charge is -2.39. The molecule has 0 radical (unpaired) electrons. The van der Waals surface area contributed by atoms with Gasteiger partial charge in [-0.2, -0.15) is 0 Å². The first-order chi connectivity index (χ1) is 8.88. The molecule has 0 bridgehead atoms. The number of carbonyl (C=O) groups is 2. The van der Waals surface area contributed by atoms with Crippen LogP contribution in [-0.2, 0) is 4.79 Å². The molecule has 1 fully saturated rings. The standard InChI is InChI=1S/C14H26N2O3/c1-5-9(2)12(13(17)18)15-14(19)16-10(3)7-6-8-11(16)4/h9-12H,5-8H2,1-4H3,(H,15,19)(H,17,18)/t9?,10-,11+,12?. The van der Waals surface area contributed by atoms with Crippen molar-refractivity contribution < 1.29 is 14.7 Å². The van der Waals surface area contributed by atoms with Gasteiger partial charge in [0.25, 0.3) is 0 Å². The molecule has 5 heteroatoms. The Morgan fingerprint density at radius 1 is 1.32 bits per heavy atom. The summed E-state index contributed by atoms with van der Waals surface area (Å²) in [6.07, 6.45) is 3.82. The van der Waals surface area contributed by atoms with Crippen LogP contribution in [0.4, 0.5) is 4.79 Å². The van der Waals surface area contributed by atoms with Gasteiger partial charge in [-0.05, 0) is 39.0 Å². The van der Waals surface area contributed by atoms with E-state index in [-0.39, 0.29) is 24.0 Å². The topological polar surface area (TPSA) is 69.6 Å². The molecule has 0 aromatic carbocycles. The number of rotatable bonds is 4. The summed E-state index contributed by atoms with van der Waals surface area (Å²) in [5, 5.41) is 11.9. The first-order valence-electron chi connectivity index (χ1n) is 7.20. The lowest BCUT2D eigenvalue weighted by molar-refractivity contribution is -0.140. The number of aliphatic carboxylic acids is 1. The zero-order valence-corrected chi connectivity index (χ0v) is 12.3. The van der Waals surface area contributed by atoms with Crippen LogP contribution in [-0.4, -0.2) is 40.1 Å². The third-order valence-corrected chi connectivity index (χ3v) is 4.19. The molecule has 2 N–H and O–H groups in total. The molecule has 4 atom stereocenters. The van der Waals surface area contributed by atoms with Gasteiger partial charge in [0, 0.05) is 12.1 Å². The SMILES string of the molecule is CCC(C)C(NC(=O)N1[C@H](C)CCC[C@@H]1C)C(=O)O. The van der Waals surface area contributed by atoms with Gasteiger partial charge in [-0.25, -0.2) is 9.59 Å². The highest BCUT2D eigenvalue weighted by Crippen LogP contribution is 2.22. The second-order valence-corrected chi connectivity index (χ2v) is 5.69. The number of likely N-dealkylation sites (tertiary alicyclic amines) is 1. The van der Waals surface area contributed by atoms with Gasteiger partial charge < -0.3 is 15.3 Å². The first kappa shape index (κ1) is 15.8. The Bertz CT molecular complexity index is 323. The van der Waals surface area contributed by atoms with E-state index in [1.54, 1.807) is 4.90 Å². The van der Waals surface area contributed by atoms with Crippen molar-refractivity contribution in [2.75, 3.05) is 0 Å². The van der Waals surface area contributed by atoms with E-state index >= 15 is 0 Å². The largest absolute Gasteiger partial charge is 0.480 e. The number of carboxylic acids is 1. The third-order valence-electron chi connectivity index (χ3n) is 4.19. The van der Waals surface area contributed by atoms with E-state index < -0.39 is 12.0 Å². The monoisotopic (exact) mass is 270 g/mol. The smallest absolute Gasteiger partial charge is 0.326 e. The Morgan fingerprint density at radius 3 is 2.26 bits per heavy atom. The van der Waals surface area contributed by atoms with Crippen LogP contribution in [0.5, 0.6) is 0 Å². The van der Waals surface area contributed by atoms with Crippen LogP contribution in [0.3, 0.4) is 0 Å². The summed E-state index contributed by atoms with van der Waals surface area (Å²) in [5.74, 6) is -1.03. The van der Waals surface area contributed by atoms with Crippen LogP contribution in [0.1, 0.15) is 53.4 Å². The predicted molar refractivity (Wildman–Crippen MR) is 74.0 cm³/mol. The fourth-order valence-electron chi connectivity index (χ4n) is 2.71. The number of hydrogen-bond donors (Lipinski definition) is 2. The molecule has 19 heavy (non-hydrogen) atoms. The van der Waals surface area contributed by atoms with Crippen molar-refractivity contribution >= 4 is 12.0 Å². The molecule has 2 unspecified atom stereocenters. The molecule has 110 valence electrons. The van der Waals surface area contributed by atoms with Crippen molar-refractivity contribution in [1.29, 1.82) is 0 Å². The molecule has 0 aliphatic carbocycles. The number of amides is 2. The summed E-state index contributed by atoms with van der Waals surface area (Å²) < 4.78 is 0. The van der Waals surface area contributed by atoms with E-state index in [0.717, 1.165) is 25.7 Å². The molecule has 1 saturated heterocycles. The van der Waals surface area contributed by atoms with Crippen LogP contribution in [0.25, 0.3) is 0 Å². The molecule has 1 aliphatic heterocycles. The number of nitrogens with zero attached hydrogens (tertiary/aromatic N) is 1. The summed E-state index contributed by atoms with van der Waals surface area (Å²) in [7, 11) is 0. The highest BCUT2D eigenvalue weighted by Gasteiger charge is 2.33. The maximum Gasteiger partial charge on any atom is 0.326 e. The molecule has 0 saturated carbocycles. The molecule has 1 heterocycles. The van der Waals surface area contributed by atoms with Crippen LogP contribution >= 0.6 is 0 Å². The van der Waals surface area contributed by atoms with Gasteiger partial charge in [0.2, 0.25) is 0 Å². The minimum absolute atomic E-state index is 0.0724. The molecule has 0 aromatic heterocycles. The molecular formula is C14H26N2O3. The van der Waals surface area contributed by atoms with Gasteiger partial charge in [0.1, 0.15) is 6.04 Å². The summed E-state index contributed by atoms with van der Waals surface area (Å²) in [6.45, 7) is 7.82. The van der Waals surface area contributed by atoms with E-state index in [4.69, 9.17) is 0 Å². The molecule has 1 aliphatic rings. The molecule has 1 rings (SSSR count). The average Bonchev–Trinajstić information content (AvgIpc) is 2.34. The summed E-state index contributed by atoms with van der Waals surface area (Å²) in [6, 6.07) is -0.698. The average molecular weight is 270 g/mol. The maximum absolute atomic E-state index is 12.3. The van der Waals surface area contributed by atoms with E-state index in [2.05, 4.69) is 5.32 Å². The lowest BCUT2D eigenvalue weighted by atomic mass is 9.97. The normalized spacial score (nSPS) is 26.6. The first-order valence-corrected chi connectivity index (χ1v) is 7.20. The van der Waals surface area contributed by atoms with Crippen LogP contribution in [0.2, 0.25) is 0 Å². The van der Waals surface area contributed by atoms with Crippen molar-refractivity contribution in [2.24, 2.45) is 5.92 Å². The zero-order valence-electron chi connectivity index (χ0n) is 12.3. The predicted octanol–water partition coefficient (Wildman–Crippen LogP) is 2.46. The van der Waals surface area contributed by atoms with E-state index in [0.29, 0.717) is 0 Å². The number of hydrogen-bond acceptors (Lipinski definition) is 2. The summed E-state index contributed by atoms with van der Waals surface area (Å²) in [4.78, 5) is 25.3. The quantitative estimate of drug-likeness (QED) is 0.824. The minimum Gasteiger partial charge on any atom is -0.480 e. The Kier molecular flexibility index (Phi) is 5.63. The summed E-state index contributed by atoms with van der Waals surface area (Å²) >= 11 is 0. The van der Waals surface area contributed by atoms with Crippen molar-refractivity contribution in [1.82, 2.24) is 10.2 Å². The van der Waals surface area contributed by atoms with Gasteiger partial charge in [-0.15, -0.1) is 0 Å². The van der Waals surface area contributed by atoms with Gasteiger partial charge in [-0.3, -0.25) is 0 Å². The second-order valence-electron chi connectivity index (χ2n) is 5.69. The number of carbonyl (C=O) groups excluding carboxylic acids is 1. The maximum atomic E-state index is 12.3. The fraction of sp³-hybridized carbons (Fsp3) is 0.857. The van der Waals surface area contributed by atoms with Crippen LogP contribution < -0.4 is 5.32 Å². The molecule has 5 nitrogen and oxygen atoms in total. The number of piperidine rings is 1. The zero-order chi connectivity index (χ0) is 14.6. The molecule has 0 spiro atoms. The molecule has 2 amide bonds. The minimum atomic E-state index is -0.958. The van der Waals surface area contributed by atoms with Gasteiger partial charge >= 0.3 is 12.0 Å². The van der Waals surface area contributed by atoms with Crippen molar-refractivity contribution in [2.45, 2.75) is 71.5 Å². The Morgan fingerprint density at radius 2 is 1.84 bits per heavy atom. The highest BCUT2D eigenvalue weighted by atomic mass is 16.4. The van der Waals surface area contributed by atoms with Crippen molar-refractivity contribution in [3.05, 3.63) is 0 Å². The number of carboxylic acid groups (broad SMARTS) is 1. The second kappa shape index (κ2) is 6.78. The Balaban J connectivity index is 2.73. The Labute approximate surface area is 115 Å². The lowest BCUT2D eigenvalue weighted by Crippen LogP contribution is -2.56. The van der Waals surface area contributed by atoms with Crippen LogP contribution in [0.15, 0.2) is 0 Å². The van der Waals surface area contributed by atoms with E-state index in [9.17, 15) is 14.7 Å². The van der Waals surface area contributed by atoms with Crippen LogP contribution in [0, 0.1) is 5.92 Å². The van der Waals surface area contributed by atoms with Gasteiger partial charge in [0.05, 0.1) is 0 Å². The van der Waals surface area contributed by atoms with E-state index in [1.807, 2.05) is 27.7 Å². The third kappa shape index (κ3) is 3.85. The van der Waals surface area contributed by atoms with Crippen molar-refractivity contribution in [3.63, 3.8) is 0 Å². The van der Waals surface area contributed by atoms with Gasteiger partial charge in [-0.1, -0.05) is 20.3 Å². The molecular weight excluding hydrogens is 244 g/mol. The highest BCUT2D eigenvalue weighted by molar-refractivity contribution is 5.83. The fourth-order valence-corrected chi connectivity index (χ4v) is 2.71. The Hall–Kier alpha value is -1.26. The van der Waals surface area contributed by atoms with E-state index in [1.165, 1.54) is 0 Å². The van der Waals surface area contributed by atoms with Gasteiger partial charge in [0.15, 0.2) is 0 Å².